The van der Waals surface area contributed by atoms with Gasteiger partial charge in [0.05, 0.1) is 20.6 Å². The zero-order chi connectivity index (χ0) is 12.1. The second-order valence-corrected chi connectivity index (χ2v) is 3.27. The molecule has 0 radical (unpaired) electrons. The van der Waals surface area contributed by atoms with Crippen LogP contribution >= 0.6 is 12.4 Å². The molecule has 0 aliphatic heterocycles. The summed E-state index contributed by atoms with van der Waals surface area (Å²) in [6, 6.07) is 3.61. The highest BCUT2D eigenvalue weighted by molar-refractivity contribution is 5.85. The first kappa shape index (κ1) is 15.7. The minimum atomic E-state index is -0.710. The molecule has 17 heavy (non-hydrogen) atoms. The standard InChI is InChI=1S/C11H14FNO3.ClH/c1-15-7-3-4-8(9(12)5-7)10(13)6-11(14)16-2;/h3-5,10H,6,13H2,1-2H3;1H/t10-;/m0./s1. The van der Waals surface area contributed by atoms with Gasteiger partial charge in [0.25, 0.3) is 0 Å². The van der Waals surface area contributed by atoms with Crippen molar-refractivity contribution in [1.82, 2.24) is 0 Å². The van der Waals surface area contributed by atoms with Crippen LogP contribution in [0.2, 0.25) is 0 Å². The van der Waals surface area contributed by atoms with Gasteiger partial charge in [-0.15, -0.1) is 12.4 Å². The molecule has 0 fully saturated rings. The average Bonchev–Trinajstić information content (AvgIpc) is 2.28. The number of hydrogen-bond donors (Lipinski definition) is 1. The SMILES string of the molecule is COC(=O)C[C@H](N)c1ccc(OC)cc1F.Cl. The molecule has 0 aliphatic rings. The number of carbonyl (C=O) groups is 1. The van der Waals surface area contributed by atoms with Crippen molar-refractivity contribution < 1.29 is 18.7 Å². The van der Waals surface area contributed by atoms with E-state index in [0.717, 1.165) is 0 Å². The summed E-state index contributed by atoms with van der Waals surface area (Å²) in [5, 5.41) is 0. The van der Waals surface area contributed by atoms with E-state index in [1.54, 1.807) is 6.07 Å². The Morgan fingerprint density at radius 2 is 2.12 bits per heavy atom. The van der Waals surface area contributed by atoms with E-state index in [1.807, 2.05) is 0 Å². The molecule has 1 aromatic carbocycles. The Morgan fingerprint density at radius 1 is 1.47 bits per heavy atom. The monoisotopic (exact) mass is 263 g/mol. The van der Waals surface area contributed by atoms with Gasteiger partial charge in [0.2, 0.25) is 0 Å². The molecule has 1 aromatic rings. The van der Waals surface area contributed by atoms with Gasteiger partial charge in [-0.2, -0.15) is 0 Å². The largest absolute Gasteiger partial charge is 0.497 e. The van der Waals surface area contributed by atoms with Gasteiger partial charge in [0, 0.05) is 17.7 Å². The molecule has 0 aromatic heterocycles. The lowest BCUT2D eigenvalue weighted by atomic mass is 10.0. The maximum atomic E-state index is 13.5. The molecule has 2 N–H and O–H groups in total. The van der Waals surface area contributed by atoms with Crippen LogP contribution in [0.5, 0.6) is 5.75 Å². The van der Waals surface area contributed by atoms with Crippen LogP contribution in [0.3, 0.4) is 0 Å². The van der Waals surface area contributed by atoms with E-state index in [-0.39, 0.29) is 24.4 Å². The summed E-state index contributed by atoms with van der Waals surface area (Å²) in [6.45, 7) is 0. The molecule has 0 amide bonds. The predicted molar refractivity (Wildman–Crippen MR) is 63.8 cm³/mol. The summed E-state index contributed by atoms with van der Waals surface area (Å²) >= 11 is 0. The third-order valence-electron chi connectivity index (χ3n) is 2.22. The number of ether oxygens (including phenoxy) is 2. The minimum Gasteiger partial charge on any atom is -0.497 e. The van der Waals surface area contributed by atoms with E-state index < -0.39 is 17.8 Å². The molecule has 96 valence electrons. The number of rotatable bonds is 4. The van der Waals surface area contributed by atoms with E-state index in [0.29, 0.717) is 5.75 Å². The summed E-state index contributed by atoms with van der Waals surface area (Å²) in [4.78, 5) is 11.0. The van der Waals surface area contributed by atoms with Gasteiger partial charge in [-0.25, -0.2) is 4.39 Å². The lowest BCUT2D eigenvalue weighted by Crippen LogP contribution is -2.17. The van der Waals surface area contributed by atoms with Gasteiger partial charge < -0.3 is 15.2 Å². The van der Waals surface area contributed by atoms with Crippen molar-refractivity contribution in [2.24, 2.45) is 5.73 Å². The fourth-order valence-electron chi connectivity index (χ4n) is 1.31. The maximum absolute atomic E-state index is 13.5. The summed E-state index contributed by atoms with van der Waals surface area (Å²) in [6.07, 6.45) is -0.0558. The maximum Gasteiger partial charge on any atom is 0.307 e. The van der Waals surface area contributed by atoms with E-state index in [2.05, 4.69) is 4.74 Å². The normalized spacial score (nSPS) is 11.3. The van der Waals surface area contributed by atoms with Gasteiger partial charge in [0.15, 0.2) is 0 Å². The lowest BCUT2D eigenvalue weighted by Gasteiger charge is -2.12. The number of halogens is 2. The first-order valence-corrected chi connectivity index (χ1v) is 4.74. The van der Waals surface area contributed by atoms with Crippen molar-refractivity contribution in [1.29, 1.82) is 0 Å². The van der Waals surface area contributed by atoms with Crippen molar-refractivity contribution in [2.45, 2.75) is 12.5 Å². The molecular weight excluding hydrogens is 249 g/mol. The Morgan fingerprint density at radius 3 is 2.59 bits per heavy atom. The van der Waals surface area contributed by atoms with Crippen molar-refractivity contribution in [3.8, 4) is 5.75 Å². The summed E-state index contributed by atoms with van der Waals surface area (Å²) in [5.74, 6) is -0.551. The highest BCUT2D eigenvalue weighted by Gasteiger charge is 2.16. The third kappa shape index (κ3) is 4.20. The second kappa shape index (κ2) is 7.09. The molecule has 1 atom stereocenters. The first-order valence-electron chi connectivity index (χ1n) is 4.74. The molecule has 0 spiro atoms. The number of methoxy groups -OCH3 is 2. The van der Waals surface area contributed by atoms with Gasteiger partial charge in [-0.1, -0.05) is 6.07 Å². The first-order chi connectivity index (χ1) is 7.58. The molecule has 0 saturated heterocycles. The number of esters is 1. The molecule has 0 saturated carbocycles. The van der Waals surface area contributed by atoms with Gasteiger partial charge in [0.1, 0.15) is 11.6 Å². The summed E-state index contributed by atoms with van der Waals surface area (Å²) in [5.41, 5.74) is 5.95. The van der Waals surface area contributed by atoms with Crippen LogP contribution in [0.4, 0.5) is 4.39 Å². The van der Waals surface area contributed by atoms with Crippen LogP contribution in [0.1, 0.15) is 18.0 Å². The van der Waals surface area contributed by atoms with Crippen LogP contribution < -0.4 is 10.5 Å². The van der Waals surface area contributed by atoms with Crippen molar-refractivity contribution >= 4 is 18.4 Å². The zero-order valence-electron chi connectivity index (χ0n) is 9.60. The lowest BCUT2D eigenvalue weighted by molar-refractivity contribution is -0.141. The second-order valence-electron chi connectivity index (χ2n) is 3.27. The number of nitrogens with two attached hydrogens (primary N) is 1. The molecule has 4 nitrogen and oxygen atoms in total. The third-order valence-corrected chi connectivity index (χ3v) is 2.22. The fraction of sp³-hybridized carbons (Fsp3) is 0.364. The smallest absolute Gasteiger partial charge is 0.307 e. The van der Waals surface area contributed by atoms with Gasteiger partial charge >= 0.3 is 5.97 Å². The quantitative estimate of drug-likeness (QED) is 0.842. The molecule has 1 rings (SSSR count). The van der Waals surface area contributed by atoms with Crippen LogP contribution in [0, 0.1) is 5.82 Å². The van der Waals surface area contributed by atoms with Crippen LogP contribution in [0.15, 0.2) is 18.2 Å². The predicted octanol–water partition coefficient (Wildman–Crippen LogP) is 1.82. The van der Waals surface area contributed by atoms with Crippen LogP contribution in [0.25, 0.3) is 0 Å². The van der Waals surface area contributed by atoms with Crippen molar-refractivity contribution in [2.75, 3.05) is 14.2 Å². The Balaban J connectivity index is 0.00000256. The molecule has 0 bridgehead atoms. The molecule has 0 unspecified atom stereocenters. The zero-order valence-corrected chi connectivity index (χ0v) is 10.4. The minimum absolute atomic E-state index is 0. The topological polar surface area (TPSA) is 61.5 Å². The van der Waals surface area contributed by atoms with Crippen molar-refractivity contribution in [3.05, 3.63) is 29.6 Å². The highest BCUT2D eigenvalue weighted by Crippen LogP contribution is 2.22. The molecular formula is C11H15ClFNO3. The summed E-state index contributed by atoms with van der Waals surface area (Å²) < 4.78 is 22.9. The Labute approximate surface area is 105 Å². The summed E-state index contributed by atoms with van der Waals surface area (Å²) in [7, 11) is 2.71. The van der Waals surface area contributed by atoms with E-state index in [9.17, 15) is 9.18 Å². The highest BCUT2D eigenvalue weighted by atomic mass is 35.5. The Bertz CT molecular complexity index is 387. The van der Waals surface area contributed by atoms with Crippen molar-refractivity contribution in [3.63, 3.8) is 0 Å². The molecule has 0 heterocycles. The Kier molecular flexibility index (Phi) is 6.53. The van der Waals surface area contributed by atoms with Gasteiger partial charge in [-0.05, 0) is 6.07 Å². The molecule has 0 aliphatic carbocycles. The van der Waals surface area contributed by atoms with E-state index >= 15 is 0 Å². The van der Waals surface area contributed by atoms with Gasteiger partial charge in [-0.3, -0.25) is 4.79 Å². The Hall–Kier alpha value is -1.33. The fourth-order valence-corrected chi connectivity index (χ4v) is 1.31. The number of hydrogen-bond acceptors (Lipinski definition) is 4. The number of benzene rings is 1. The van der Waals surface area contributed by atoms with Crippen LogP contribution in [-0.4, -0.2) is 20.2 Å². The van der Waals surface area contributed by atoms with Crippen LogP contribution in [-0.2, 0) is 9.53 Å². The van der Waals surface area contributed by atoms with E-state index in [4.69, 9.17) is 10.5 Å². The number of carbonyl (C=O) groups excluding carboxylic acids is 1. The average molecular weight is 264 g/mol. The van der Waals surface area contributed by atoms with E-state index in [1.165, 1.54) is 26.4 Å². The molecule has 6 heteroatoms.